The quantitative estimate of drug-likeness (QED) is 0.483. The van der Waals surface area contributed by atoms with Crippen LogP contribution in [0, 0.1) is 6.92 Å². The molecule has 35 heavy (non-hydrogen) atoms. The zero-order chi connectivity index (χ0) is 25.0. The maximum absolute atomic E-state index is 13.7. The third-order valence-electron chi connectivity index (χ3n) is 6.50. The van der Waals surface area contributed by atoms with Crippen LogP contribution in [-0.2, 0) is 27.7 Å². The molecule has 0 radical (unpaired) electrons. The number of nitrogens with zero attached hydrogens (tertiary/aromatic N) is 1. The Morgan fingerprint density at radius 1 is 1.00 bits per heavy atom. The summed E-state index contributed by atoms with van der Waals surface area (Å²) < 4.78 is 33.8. The topological polar surface area (TPSA) is 75.7 Å². The molecule has 184 valence electrons. The summed E-state index contributed by atoms with van der Waals surface area (Å²) in [6, 6.07) is 19.5. The van der Waals surface area contributed by atoms with Crippen LogP contribution in [0.1, 0.15) is 48.1 Å². The number of anilines is 1. The maximum atomic E-state index is 13.7. The molecule has 1 atom stereocenters. The Kier molecular flexibility index (Phi) is 7.45. The van der Waals surface area contributed by atoms with Crippen molar-refractivity contribution in [3.63, 3.8) is 0 Å². The number of carbonyl (C=O) groups excluding carboxylic acids is 1. The van der Waals surface area contributed by atoms with E-state index in [2.05, 4.69) is 23.5 Å². The normalized spacial score (nSPS) is 14.0. The van der Waals surface area contributed by atoms with Crippen molar-refractivity contribution in [2.75, 3.05) is 18.0 Å². The van der Waals surface area contributed by atoms with Gasteiger partial charge in [-0.2, -0.15) is 0 Å². The maximum Gasteiger partial charge on any atom is 0.264 e. The first-order valence-electron chi connectivity index (χ1n) is 11.9. The number of ether oxygens (including phenoxy) is 1. The molecule has 0 aromatic heterocycles. The van der Waals surface area contributed by atoms with Gasteiger partial charge in [-0.05, 0) is 80.5 Å². The summed E-state index contributed by atoms with van der Waals surface area (Å²) in [5.41, 5.74) is 5.00. The van der Waals surface area contributed by atoms with Crippen LogP contribution in [0.5, 0.6) is 5.75 Å². The van der Waals surface area contributed by atoms with E-state index in [1.54, 1.807) is 48.5 Å². The first-order valence-corrected chi connectivity index (χ1v) is 13.4. The Bertz CT molecular complexity index is 1300. The number of nitrogens with one attached hydrogen (secondary N) is 1. The molecule has 0 saturated heterocycles. The van der Waals surface area contributed by atoms with E-state index < -0.39 is 15.9 Å². The number of carbonyl (C=O) groups is 1. The van der Waals surface area contributed by atoms with Gasteiger partial charge in [-0.25, -0.2) is 8.42 Å². The molecule has 1 unspecified atom stereocenters. The highest BCUT2D eigenvalue weighted by Crippen LogP contribution is 2.32. The fraction of sp³-hybridized carbons (Fsp3) is 0.321. The summed E-state index contributed by atoms with van der Waals surface area (Å²) in [5.74, 6) is -0.0180. The van der Waals surface area contributed by atoms with Crippen LogP contribution in [0.4, 0.5) is 5.69 Å². The zero-order valence-electron chi connectivity index (χ0n) is 20.5. The highest BCUT2D eigenvalue weighted by molar-refractivity contribution is 7.92. The Morgan fingerprint density at radius 2 is 1.69 bits per heavy atom. The minimum Gasteiger partial charge on any atom is -0.495 e. The van der Waals surface area contributed by atoms with Crippen molar-refractivity contribution in [1.29, 1.82) is 0 Å². The molecule has 0 aliphatic heterocycles. The standard InChI is InChI=1S/C28H32N2O4S/c1-20-12-16-25(17-13-20)35(32,33)30(26-10-6-7-11-27(26)34-3)19-28(31)29-21(2)23-15-14-22-8-4-5-9-24(22)18-23/h6-7,10-18,21H,4-5,8-9,19H2,1-3H3,(H,29,31). The number of para-hydroxylation sites is 2. The van der Waals surface area contributed by atoms with Crippen LogP contribution in [0.25, 0.3) is 0 Å². The number of sulfonamides is 1. The van der Waals surface area contributed by atoms with Gasteiger partial charge in [-0.3, -0.25) is 9.10 Å². The van der Waals surface area contributed by atoms with Gasteiger partial charge in [0.1, 0.15) is 12.3 Å². The molecule has 0 fully saturated rings. The lowest BCUT2D eigenvalue weighted by Gasteiger charge is -2.26. The second kappa shape index (κ2) is 10.5. The lowest BCUT2D eigenvalue weighted by Crippen LogP contribution is -2.41. The summed E-state index contributed by atoms with van der Waals surface area (Å²) in [4.78, 5) is 13.3. The predicted octanol–water partition coefficient (Wildman–Crippen LogP) is 4.96. The molecular formula is C28H32N2O4S. The molecule has 0 saturated carbocycles. The molecule has 0 spiro atoms. The lowest BCUT2D eigenvalue weighted by molar-refractivity contribution is -0.120. The van der Waals surface area contributed by atoms with Crippen molar-refractivity contribution >= 4 is 21.6 Å². The summed E-state index contributed by atoms with van der Waals surface area (Å²) in [6.07, 6.45) is 4.55. The molecule has 4 rings (SSSR count). The molecule has 0 bridgehead atoms. The molecule has 1 amide bonds. The lowest BCUT2D eigenvalue weighted by atomic mass is 9.89. The van der Waals surface area contributed by atoms with Gasteiger partial charge >= 0.3 is 0 Å². The average molecular weight is 493 g/mol. The van der Waals surface area contributed by atoms with E-state index in [0.717, 1.165) is 28.3 Å². The van der Waals surface area contributed by atoms with Crippen LogP contribution in [0.15, 0.2) is 71.6 Å². The van der Waals surface area contributed by atoms with E-state index in [4.69, 9.17) is 4.74 Å². The molecule has 1 aliphatic rings. The van der Waals surface area contributed by atoms with E-state index in [1.807, 2.05) is 13.8 Å². The first-order chi connectivity index (χ1) is 16.8. The number of hydrogen-bond donors (Lipinski definition) is 1. The zero-order valence-corrected chi connectivity index (χ0v) is 21.3. The van der Waals surface area contributed by atoms with Crippen LogP contribution in [-0.4, -0.2) is 28.0 Å². The highest BCUT2D eigenvalue weighted by atomic mass is 32.2. The Balaban J connectivity index is 1.60. The van der Waals surface area contributed by atoms with Gasteiger partial charge in [-0.1, -0.05) is 48.0 Å². The van der Waals surface area contributed by atoms with Crippen molar-refractivity contribution < 1.29 is 17.9 Å². The number of fused-ring (bicyclic) bond motifs is 1. The van der Waals surface area contributed by atoms with Crippen molar-refractivity contribution in [2.45, 2.75) is 50.5 Å². The van der Waals surface area contributed by atoms with Crippen molar-refractivity contribution in [2.24, 2.45) is 0 Å². The number of benzene rings is 3. The van der Waals surface area contributed by atoms with Gasteiger partial charge in [0.2, 0.25) is 5.91 Å². The molecule has 1 N–H and O–H groups in total. The van der Waals surface area contributed by atoms with Crippen LogP contribution in [0.3, 0.4) is 0 Å². The van der Waals surface area contributed by atoms with E-state index in [9.17, 15) is 13.2 Å². The number of methoxy groups -OCH3 is 1. The van der Waals surface area contributed by atoms with Crippen molar-refractivity contribution in [1.82, 2.24) is 5.32 Å². The van der Waals surface area contributed by atoms with Gasteiger partial charge in [-0.15, -0.1) is 0 Å². The molecular weight excluding hydrogens is 460 g/mol. The largest absolute Gasteiger partial charge is 0.495 e. The SMILES string of the molecule is COc1ccccc1N(CC(=O)NC(C)c1ccc2c(c1)CCCC2)S(=O)(=O)c1ccc(C)cc1. The van der Waals surface area contributed by atoms with E-state index in [1.165, 1.54) is 31.1 Å². The molecule has 6 nitrogen and oxygen atoms in total. The number of rotatable bonds is 8. The monoisotopic (exact) mass is 492 g/mol. The van der Waals surface area contributed by atoms with Gasteiger partial charge in [0.25, 0.3) is 10.0 Å². The summed E-state index contributed by atoms with van der Waals surface area (Å²) >= 11 is 0. The first kappa shape index (κ1) is 24.8. The third kappa shape index (κ3) is 5.51. The van der Waals surface area contributed by atoms with Gasteiger partial charge < -0.3 is 10.1 Å². The molecule has 3 aromatic carbocycles. The molecule has 7 heteroatoms. The minimum atomic E-state index is -4.02. The third-order valence-corrected chi connectivity index (χ3v) is 8.27. The fourth-order valence-corrected chi connectivity index (χ4v) is 5.93. The number of hydrogen-bond acceptors (Lipinski definition) is 4. The second-order valence-corrected chi connectivity index (χ2v) is 10.9. The van der Waals surface area contributed by atoms with Crippen molar-refractivity contribution in [3.05, 3.63) is 89.0 Å². The van der Waals surface area contributed by atoms with E-state index in [0.29, 0.717) is 11.4 Å². The van der Waals surface area contributed by atoms with Crippen LogP contribution >= 0.6 is 0 Å². The Morgan fingerprint density at radius 3 is 2.40 bits per heavy atom. The van der Waals surface area contributed by atoms with Crippen LogP contribution in [0.2, 0.25) is 0 Å². The van der Waals surface area contributed by atoms with Crippen molar-refractivity contribution in [3.8, 4) is 5.75 Å². The second-order valence-electron chi connectivity index (χ2n) is 9.02. The predicted molar refractivity (Wildman–Crippen MR) is 138 cm³/mol. The molecule has 1 aliphatic carbocycles. The number of amides is 1. The van der Waals surface area contributed by atoms with Crippen LogP contribution < -0.4 is 14.4 Å². The number of aryl methyl sites for hydroxylation is 3. The highest BCUT2D eigenvalue weighted by Gasteiger charge is 2.29. The molecule has 0 heterocycles. The van der Waals surface area contributed by atoms with Gasteiger partial charge in [0.15, 0.2) is 0 Å². The smallest absolute Gasteiger partial charge is 0.264 e. The van der Waals surface area contributed by atoms with Gasteiger partial charge in [0.05, 0.1) is 23.7 Å². The van der Waals surface area contributed by atoms with E-state index in [-0.39, 0.29) is 17.5 Å². The summed E-state index contributed by atoms with van der Waals surface area (Å²) in [6.45, 7) is 3.44. The summed E-state index contributed by atoms with van der Waals surface area (Å²) in [5, 5.41) is 2.99. The Labute approximate surface area is 208 Å². The average Bonchev–Trinajstić information content (AvgIpc) is 2.87. The minimum absolute atomic E-state index is 0.115. The summed E-state index contributed by atoms with van der Waals surface area (Å²) in [7, 11) is -2.54. The molecule has 3 aromatic rings. The van der Waals surface area contributed by atoms with E-state index >= 15 is 0 Å². The van der Waals surface area contributed by atoms with Gasteiger partial charge in [0, 0.05) is 0 Å². The fourth-order valence-electron chi connectivity index (χ4n) is 4.50. The Hall–Kier alpha value is -3.32.